The van der Waals surface area contributed by atoms with E-state index in [1.807, 2.05) is 0 Å². The fourth-order valence-corrected chi connectivity index (χ4v) is 4.24. The minimum Gasteiger partial charge on any atom is -0.349 e. The Hall–Kier alpha value is -1.94. The highest BCUT2D eigenvalue weighted by molar-refractivity contribution is 8.04. The van der Waals surface area contributed by atoms with Crippen molar-refractivity contribution in [2.24, 2.45) is 0 Å². The first kappa shape index (κ1) is 17.4. The van der Waals surface area contributed by atoms with Crippen LogP contribution in [0.3, 0.4) is 0 Å². The predicted octanol–water partition coefficient (Wildman–Crippen LogP) is 4.28. The van der Waals surface area contributed by atoms with Gasteiger partial charge in [-0.15, -0.1) is 11.8 Å². The van der Waals surface area contributed by atoms with E-state index in [-0.39, 0.29) is 14.8 Å². The molecular weight excluding hydrogens is 352 g/mol. The number of hydrogen-bond donors (Lipinski definition) is 1. The molecule has 2 rings (SSSR count). The second-order valence-electron chi connectivity index (χ2n) is 4.43. The number of sulfone groups is 1. The number of nitrogens with one attached hydrogen (secondary N) is 1. The lowest BCUT2D eigenvalue weighted by atomic mass is 10.3. The summed E-state index contributed by atoms with van der Waals surface area (Å²) in [5.41, 5.74) is 0.609. The lowest BCUT2D eigenvalue weighted by Gasteiger charge is -2.12. The monoisotopic (exact) mass is 364 g/mol. The van der Waals surface area contributed by atoms with E-state index in [2.05, 4.69) is 5.32 Å². The fraction of sp³-hybridized carbons (Fsp3) is 0.0625. The largest absolute Gasteiger partial charge is 0.349 e. The van der Waals surface area contributed by atoms with Crippen molar-refractivity contribution < 1.29 is 8.42 Å². The van der Waals surface area contributed by atoms with Crippen LogP contribution in [0, 0.1) is 11.3 Å². The van der Waals surface area contributed by atoms with Crippen molar-refractivity contribution in [1.29, 1.82) is 5.26 Å². The molecule has 0 amide bonds. The molecule has 0 saturated carbocycles. The van der Waals surface area contributed by atoms with Gasteiger partial charge in [0.25, 0.3) is 0 Å². The number of nitrogens with zero attached hydrogens (tertiary/aromatic N) is 1. The van der Waals surface area contributed by atoms with Gasteiger partial charge in [0, 0.05) is 10.7 Å². The van der Waals surface area contributed by atoms with Crippen molar-refractivity contribution >= 4 is 38.9 Å². The smallest absolute Gasteiger partial charge is 0.219 e. The van der Waals surface area contributed by atoms with Crippen LogP contribution in [0.5, 0.6) is 0 Å². The molecule has 0 aliphatic rings. The van der Waals surface area contributed by atoms with Crippen LogP contribution in [0.15, 0.2) is 69.4 Å². The zero-order valence-electron chi connectivity index (χ0n) is 12.2. The highest BCUT2D eigenvalue weighted by atomic mass is 35.5. The van der Waals surface area contributed by atoms with Gasteiger partial charge in [0.15, 0.2) is 4.91 Å². The standard InChI is InChI=1S/C16H13ClN2O2S2/c1-22-16(19-13-7-5-6-12(17)10-13)15(11-18)23(20,21)14-8-3-2-4-9-14/h2-10,19H,1H3/b16-15-. The van der Waals surface area contributed by atoms with E-state index in [1.165, 1.54) is 12.1 Å². The van der Waals surface area contributed by atoms with Gasteiger partial charge >= 0.3 is 0 Å². The Labute approximate surface area is 144 Å². The second kappa shape index (κ2) is 7.55. The summed E-state index contributed by atoms with van der Waals surface area (Å²) in [7, 11) is -3.89. The van der Waals surface area contributed by atoms with Crippen LogP contribution < -0.4 is 5.32 Å². The first-order chi connectivity index (χ1) is 11.0. The van der Waals surface area contributed by atoms with Crippen LogP contribution in [0.2, 0.25) is 5.02 Å². The molecule has 0 saturated heterocycles. The molecule has 0 radical (unpaired) electrons. The summed E-state index contributed by atoms with van der Waals surface area (Å²) in [5, 5.41) is 13.1. The summed E-state index contributed by atoms with van der Waals surface area (Å²) in [6, 6.07) is 16.5. The highest BCUT2D eigenvalue weighted by Crippen LogP contribution is 2.28. The molecule has 0 aliphatic heterocycles. The Morgan fingerprint density at radius 1 is 1.17 bits per heavy atom. The lowest BCUT2D eigenvalue weighted by Crippen LogP contribution is -2.09. The number of nitriles is 1. The average molecular weight is 365 g/mol. The SMILES string of the molecule is CS/C(Nc1cccc(Cl)c1)=C(/C#N)S(=O)(=O)c1ccccc1. The average Bonchev–Trinajstić information content (AvgIpc) is 2.55. The topological polar surface area (TPSA) is 70.0 Å². The van der Waals surface area contributed by atoms with Gasteiger partial charge < -0.3 is 5.32 Å². The molecule has 23 heavy (non-hydrogen) atoms. The van der Waals surface area contributed by atoms with Gasteiger partial charge in [0.1, 0.15) is 11.1 Å². The third kappa shape index (κ3) is 4.08. The van der Waals surface area contributed by atoms with Crippen molar-refractivity contribution in [1.82, 2.24) is 0 Å². The van der Waals surface area contributed by atoms with E-state index in [0.29, 0.717) is 10.7 Å². The maximum atomic E-state index is 12.7. The third-order valence-corrected chi connectivity index (χ3v) is 5.72. The molecule has 2 aromatic carbocycles. The molecule has 0 spiro atoms. The first-order valence-electron chi connectivity index (χ1n) is 6.50. The Morgan fingerprint density at radius 3 is 2.43 bits per heavy atom. The molecule has 0 aliphatic carbocycles. The van der Waals surface area contributed by atoms with Crippen LogP contribution >= 0.6 is 23.4 Å². The van der Waals surface area contributed by atoms with Gasteiger partial charge in [0.2, 0.25) is 9.84 Å². The van der Waals surface area contributed by atoms with Gasteiger partial charge in [-0.05, 0) is 36.6 Å². The number of halogens is 1. The molecule has 4 nitrogen and oxygen atoms in total. The zero-order valence-corrected chi connectivity index (χ0v) is 14.5. The molecule has 118 valence electrons. The van der Waals surface area contributed by atoms with Gasteiger partial charge in [0.05, 0.1) is 4.90 Å². The normalized spacial score (nSPS) is 12.2. The summed E-state index contributed by atoms with van der Waals surface area (Å²) < 4.78 is 25.3. The minimum atomic E-state index is -3.89. The quantitative estimate of drug-likeness (QED) is 0.802. The summed E-state index contributed by atoms with van der Waals surface area (Å²) in [5.74, 6) is 0. The van der Waals surface area contributed by atoms with Gasteiger partial charge in [-0.25, -0.2) is 8.42 Å². The molecule has 0 fully saturated rings. The van der Waals surface area contributed by atoms with Crippen LogP contribution in [0.4, 0.5) is 5.69 Å². The number of allylic oxidation sites excluding steroid dienone is 1. The number of rotatable bonds is 5. The van der Waals surface area contributed by atoms with E-state index in [0.717, 1.165) is 11.8 Å². The van der Waals surface area contributed by atoms with Gasteiger partial charge in [-0.1, -0.05) is 35.9 Å². The van der Waals surface area contributed by atoms with E-state index >= 15 is 0 Å². The van der Waals surface area contributed by atoms with Crippen LogP contribution in [-0.2, 0) is 9.84 Å². The Kier molecular flexibility index (Phi) is 5.72. The molecule has 0 unspecified atom stereocenters. The van der Waals surface area contributed by atoms with Crippen LogP contribution in [0.25, 0.3) is 0 Å². The molecular formula is C16H13ClN2O2S2. The van der Waals surface area contributed by atoms with Crippen LogP contribution in [0.1, 0.15) is 0 Å². The number of benzene rings is 2. The molecule has 0 aromatic heterocycles. The molecule has 0 atom stereocenters. The Balaban J connectivity index is 2.50. The van der Waals surface area contributed by atoms with Crippen molar-refractivity contribution in [2.45, 2.75) is 4.90 Å². The third-order valence-electron chi connectivity index (χ3n) is 2.92. The predicted molar refractivity (Wildman–Crippen MR) is 94.9 cm³/mol. The van der Waals surface area contributed by atoms with E-state index < -0.39 is 9.84 Å². The molecule has 7 heteroatoms. The highest BCUT2D eigenvalue weighted by Gasteiger charge is 2.24. The Bertz CT molecular complexity index is 872. The van der Waals surface area contributed by atoms with E-state index in [9.17, 15) is 13.7 Å². The van der Waals surface area contributed by atoms with Crippen molar-refractivity contribution in [3.05, 3.63) is 69.6 Å². The van der Waals surface area contributed by atoms with Crippen molar-refractivity contribution in [3.63, 3.8) is 0 Å². The molecule has 1 N–H and O–H groups in total. The maximum Gasteiger partial charge on any atom is 0.219 e. The van der Waals surface area contributed by atoms with Gasteiger partial charge in [-0.2, -0.15) is 5.26 Å². The summed E-state index contributed by atoms with van der Waals surface area (Å²) >= 11 is 7.07. The lowest BCUT2D eigenvalue weighted by molar-refractivity contribution is 0.603. The van der Waals surface area contributed by atoms with E-state index in [4.69, 9.17) is 11.6 Å². The minimum absolute atomic E-state index is 0.0796. The summed E-state index contributed by atoms with van der Waals surface area (Å²) in [6.45, 7) is 0. The summed E-state index contributed by atoms with van der Waals surface area (Å²) in [4.78, 5) is -0.243. The van der Waals surface area contributed by atoms with Crippen LogP contribution in [-0.4, -0.2) is 14.7 Å². The zero-order chi connectivity index (χ0) is 16.9. The maximum absolute atomic E-state index is 12.7. The van der Waals surface area contributed by atoms with Gasteiger partial charge in [-0.3, -0.25) is 0 Å². The van der Waals surface area contributed by atoms with Crippen molar-refractivity contribution in [3.8, 4) is 6.07 Å². The fourth-order valence-electron chi connectivity index (χ4n) is 1.85. The summed E-state index contributed by atoms with van der Waals surface area (Å²) in [6.07, 6.45) is 1.70. The number of hydrogen-bond acceptors (Lipinski definition) is 5. The Morgan fingerprint density at radius 2 is 1.87 bits per heavy atom. The van der Waals surface area contributed by atoms with E-state index in [1.54, 1.807) is 54.8 Å². The molecule has 0 heterocycles. The number of thioether (sulfide) groups is 1. The number of anilines is 1. The van der Waals surface area contributed by atoms with Crippen molar-refractivity contribution in [2.75, 3.05) is 11.6 Å². The molecule has 0 bridgehead atoms. The molecule has 2 aromatic rings. The second-order valence-corrected chi connectivity index (χ2v) is 7.57. The first-order valence-corrected chi connectivity index (χ1v) is 9.58.